The van der Waals surface area contributed by atoms with Crippen LogP contribution in [-0.2, 0) is 4.79 Å². The lowest BCUT2D eigenvalue weighted by molar-refractivity contribution is -0.126. The van der Waals surface area contributed by atoms with Crippen LogP contribution in [0.2, 0.25) is 0 Å². The van der Waals surface area contributed by atoms with Gasteiger partial charge in [0.2, 0.25) is 0 Å². The summed E-state index contributed by atoms with van der Waals surface area (Å²) in [4.78, 5) is 12.6. The van der Waals surface area contributed by atoms with E-state index in [1.165, 1.54) is 128 Å². The summed E-state index contributed by atoms with van der Waals surface area (Å²) in [7, 11) is 0. The maximum atomic E-state index is 12.6. The van der Waals surface area contributed by atoms with Crippen molar-refractivity contribution < 1.29 is 4.79 Å². The fourth-order valence-electron chi connectivity index (χ4n) is 4.65. The molecule has 180 valence electrons. The summed E-state index contributed by atoms with van der Waals surface area (Å²) in [6.07, 6.45) is 29.7. The summed E-state index contributed by atoms with van der Waals surface area (Å²) >= 11 is 0. The molecule has 0 spiro atoms. The van der Waals surface area contributed by atoms with Gasteiger partial charge in [0, 0.05) is 11.8 Å². The van der Waals surface area contributed by atoms with Crippen molar-refractivity contribution in [1.82, 2.24) is 0 Å². The Morgan fingerprint density at radius 3 is 0.933 bits per heavy atom. The van der Waals surface area contributed by atoms with E-state index in [-0.39, 0.29) is 11.8 Å². The lowest BCUT2D eigenvalue weighted by Crippen LogP contribution is -2.19. The van der Waals surface area contributed by atoms with E-state index in [2.05, 4.69) is 27.7 Å². The van der Waals surface area contributed by atoms with Gasteiger partial charge in [0.05, 0.1) is 0 Å². The van der Waals surface area contributed by atoms with Crippen LogP contribution in [-0.4, -0.2) is 5.78 Å². The molecule has 0 amide bonds. The summed E-state index contributed by atoms with van der Waals surface area (Å²) in [5, 5.41) is 0. The monoisotopic (exact) mass is 422 g/mol. The van der Waals surface area contributed by atoms with Gasteiger partial charge >= 0.3 is 0 Å². The van der Waals surface area contributed by atoms with Crippen LogP contribution in [0.15, 0.2) is 0 Å². The first-order valence-electron chi connectivity index (χ1n) is 14.2. The normalized spacial score (nSPS) is 13.5. The van der Waals surface area contributed by atoms with Crippen molar-refractivity contribution in [3.8, 4) is 0 Å². The van der Waals surface area contributed by atoms with E-state index < -0.39 is 0 Å². The fraction of sp³-hybridized carbons (Fsp3) is 0.966. The van der Waals surface area contributed by atoms with Crippen molar-refractivity contribution in [2.45, 2.75) is 169 Å². The molecule has 0 rings (SSSR count). The summed E-state index contributed by atoms with van der Waals surface area (Å²) in [6, 6.07) is 0. The molecule has 0 aliphatic heterocycles. The van der Waals surface area contributed by atoms with E-state index in [0.717, 1.165) is 12.8 Å². The van der Waals surface area contributed by atoms with Gasteiger partial charge in [-0.3, -0.25) is 4.79 Å². The molecule has 30 heavy (non-hydrogen) atoms. The SMILES string of the molecule is CCCCCCCCCCCCC(C)C(=O)C(C)CCCCCCCCCCCC. The zero-order valence-electron chi connectivity index (χ0n) is 21.6. The molecule has 0 aromatic rings. The largest absolute Gasteiger partial charge is 0.299 e. The zero-order chi connectivity index (χ0) is 22.3. The quantitative estimate of drug-likeness (QED) is 0.141. The molecule has 2 atom stereocenters. The average Bonchev–Trinajstić information content (AvgIpc) is 2.75. The number of unbranched alkanes of at least 4 members (excludes halogenated alkanes) is 18. The Morgan fingerprint density at radius 2 is 0.667 bits per heavy atom. The highest BCUT2D eigenvalue weighted by Gasteiger charge is 2.19. The second kappa shape index (κ2) is 23.3. The Kier molecular flexibility index (Phi) is 23.1. The van der Waals surface area contributed by atoms with Crippen LogP contribution < -0.4 is 0 Å². The molecule has 1 heteroatoms. The van der Waals surface area contributed by atoms with Crippen LogP contribution in [0.25, 0.3) is 0 Å². The molecule has 0 N–H and O–H groups in total. The Balaban J connectivity index is 3.49. The van der Waals surface area contributed by atoms with E-state index in [0.29, 0.717) is 5.78 Å². The van der Waals surface area contributed by atoms with Gasteiger partial charge in [-0.25, -0.2) is 0 Å². The van der Waals surface area contributed by atoms with E-state index in [1.54, 1.807) is 0 Å². The van der Waals surface area contributed by atoms with Crippen LogP contribution in [0.1, 0.15) is 169 Å². The highest BCUT2D eigenvalue weighted by molar-refractivity contribution is 5.82. The van der Waals surface area contributed by atoms with Crippen LogP contribution in [0.5, 0.6) is 0 Å². The van der Waals surface area contributed by atoms with Crippen molar-refractivity contribution in [1.29, 1.82) is 0 Å². The number of hydrogen-bond acceptors (Lipinski definition) is 1. The lowest BCUT2D eigenvalue weighted by Gasteiger charge is -2.16. The van der Waals surface area contributed by atoms with Crippen molar-refractivity contribution >= 4 is 5.78 Å². The van der Waals surface area contributed by atoms with Crippen LogP contribution in [0.3, 0.4) is 0 Å². The van der Waals surface area contributed by atoms with Crippen LogP contribution in [0, 0.1) is 11.8 Å². The van der Waals surface area contributed by atoms with Gasteiger partial charge in [0.1, 0.15) is 5.78 Å². The molecular weight excluding hydrogens is 364 g/mol. The van der Waals surface area contributed by atoms with E-state index in [9.17, 15) is 4.79 Å². The molecule has 0 aliphatic carbocycles. The first-order valence-corrected chi connectivity index (χ1v) is 14.2. The van der Waals surface area contributed by atoms with Gasteiger partial charge < -0.3 is 0 Å². The number of hydrogen-bond donors (Lipinski definition) is 0. The summed E-state index contributed by atoms with van der Waals surface area (Å²) < 4.78 is 0. The first kappa shape index (κ1) is 29.7. The van der Waals surface area contributed by atoms with Gasteiger partial charge in [-0.15, -0.1) is 0 Å². The third-order valence-corrected chi connectivity index (χ3v) is 6.95. The minimum atomic E-state index is 0.275. The molecule has 1 nitrogen and oxygen atoms in total. The second-order valence-corrected chi connectivity index (χ2v) is 10.1. The Hall–Kier alpha value is -0.330. The van der Waals surface area contributed by atoms with E-state index in [1.807, 2.05) is 0 Å². The third kappa shape index (κ3) is 19.6. The van der Waals surface area contributed by atoms with E-state index in [4.69, 9.17) is 0 Å². The van der Waals surface area contributed by atoms with Crippen LogP contribution in [0.4, 0.5) is 0 Å². The summed E-state index contributed by atoms with van der Waals surface area (Å²) in [6.45, 7) is 8.91. The minimum Gasteiger partial charge on any atom is -0.299 e. The molecule has 0 aliphatic rings. The topological polar surface area (TPSA) is 17.1 Å². The Labute approximate surface area is 191 Å². The van der Waals surface area contributed by atoms with Gasteiger partial charge in [0.25, 0.3) is 0 Å². The zero-order valence-corrected chi connectivity index (χ0v) is 21.6. The fourth-order valence-corrected chi connectivity index (χ4v) is 4.65. The summed E-state index contributed by atoms with van der Waals surface area (Å²) in [5.41, 5.74) is 0. The first-order chi connectivity index (χ1) is 14.6. The number of ketones is 1. The van der Waals surface area contributed by atoms with Gasteiger partial charge in [-0.2, -0.15) is 0 Å². The maximum Gasteiger partial charge on any atom is 0.138 e. The maximum absolute atomic E-state index is 12.6. The number of rotatable bonds is 24. The molecule has 2 unspecified atom stereocenters. The predicted octanol–water partition coefficient (Wildman–Crippen LogP) is 10.4. The van der Waals surface area contributed by atoms with Gasteiger partial charge in [-0.1, -0.05) is 156 Å². The van der Waals surface area contributed by atoms with Crippen LogP contribution >= 0.6 is 0 Å². The average molecular weight is 423 g/mol. The number of Topliss-reactive ketones (excluding diaryl/α,β-unsaturated/α-hetero) is 1. The molecule has 0 saturated carbocycles. The molecule has 0 bridgehead atoms. The molecule has 0 heterocycles. The molecular formula is C29H58O. The lowest BCUT2D eigenvalue weighted by atomic mass is 9.88. The highest BCUT2D eigenvalue weighted by Crippen LogP contribution is 2.20. The standard InChI is InChI=1S/C29H58O/c1-5-7-9-11-13-15-17-19-21-23-25-27(3)29(30)28(4)26-24-22-20-18-16-14-12-10-8-6-2/h27-28H,5-26H2,1-4H3. The van der Waals surface area contributed by atoms with Gasteiger partial charge in [-0.05, 0) is 12.8 Å². The Bertz CT molecular complexity index is 316. The Morgan fingerprint density at radius 1 is 0.433 bits per heavy atom. The van der Waals surface area contributed by atoms with Crippen molar-refractivity contribution in [3.05, 3.63) is 0 Å². The van der Waals surface area contributed by atoms with Crippen molar-refractivity contribution in [2.24, 2.45) is 11.8 Å². The molecule has 0 saturated heterocycles. The minimum absolute atomic E-state index is 0.275. The smallest absolute Gasteiger partial charge is 0.138 e. The molecule has 0 radical (unpaired) electrons. The number of carbonyl (C=O) groups excluding carboxylic acids is 1. The third-order valence-electron chi connectivity index (χ3n) is 6.95. The highest BCUT2D eigenvalue weighted by atomic mass is 16.1. The second-order valence-electron chi connectivity index (χ2n) is 10.1. The van der Waals surface area contributed by atoms with Crippen molar-refractivity contribution in [3.63, 3.8) is 0 Å². The summed E-state index contributed by atoms with van der Waals surface area (Å²) in [5.74, 6) is 1.08. The van der Waals surface area contributed by atoms with Crippen molar-refractivity contribution in [2.75, 3.05) is 0 Å². The molecule has 0 aromatic carbocycles. The van der Waals surface area contributed by atoms with E-state index >= 15 is 0 Å². The predicted molar refractivity (Wildman–Crippen MR) is 136 cm³/mol. The number of carbonyl (C=O) groups is 1. The van der Waals surface area contributed by atoms with Gasteiger partial charge in [0.15, 0.2) is 0 Å². The molecule has 0 aromatic heterocycles. The molecule has 0 fully saturated rings.